The van der Waals surface area contributed by atoms with Crippen molar-refractivity contribution in [2.75, 3.05) is 32.5 Å². The Balaban J connectivity index is 1.83. The molecule has 0 saturated carbocycles. The number of nitrogens with one attached hydrogen (secondary N) is 1. The largest absolute Gasteiger partial charge is 0.336 e. The second kappa shape index (κ2) is 10.9. The molecule has 0 saturated heterocycles. The van der Waals surface area contributed by atoms with Crippen molar-refractivity contribution in [2.45, 2.75) is 17.7 Å². The first kappa shape index (κ1) is 25.1. The Labute approximate surface area is 190 Å². The van der Waals surface area contributed by atoms with Gasteiger partial charge in [-0.2, -0.15) is 0 Å². The lowest BCUT2D eigenvalue weighted by atomic mass is 10.2. The Kier molecular flexibility index (Phi) is 8.81. The van der Waals surface area contributed by atoms with Crippen LogP contribution in [0.5, 0.6) is 0 Å². The number of hydrogen-bond donors (Lipinski definition) is 1. The van der Waals surface area contributed by atoms with Gasteiger partial charge in [0.2, 0.25) is 21.8 Å². The first-order chi connectivity index (χ1) is 14.5. The van der Waals surface area contributed by atoms with E-state index in [4.69, 9.17) is 23.2 Å². The fourth-order valence-electron chi connectivity index (χ4n) is 2.65. The Morgan fingerprint density at radius 1 is 1.03 bits per heavy atom. The highest BCUT2D eigenvalue weighted by atomic mass is 35.5. The number of sulfonamides is 1. The number of nitrogens with zero attached hydrogens (tertiary/aromatic N) is 2. The predicted molar refractivity (Wildman–Crippen MR) is 118 cm³/mol. The van der Waals surface area contributed by atoms with Gasteiger partial charge in [0.25, 0.3) is 0 Å². The summed E-state index contributed by atoms with van der Waals surface area (Å²) in [4.78, 5) is 25.7. The van der Waals surface area contributed by atoms with Gasteiger partial charge in [-0.1, -0.05) is 29.3 Å². The third kappa shape index (κ3) is 6.90. The maximum atomic E-state index is 13.0. The number of halogens is 3. The number of likely N-dealkylation sites (N-methyl/N-ethyl adjacent to an activating group) is 1. The van der Waals surface area contributed by atoms with E-state index in [9.17, 15) is 22.4 Å². The van der Waals surface area contributed by atoms with E-state index in [1.54, 1.807) is 18.2 Å². The molecule has 2 rings (SSSR count). The molecule has 11 heteroatoms. The summed E-state index contributed by atoms with van der Waals surface area (Å²) in [5.41, 5.74) is 0.268. The molecule has 2 aromatic carbocycles. The molecular formula is C20H22Cl2FN3O4S. The van der Waals surface area contributed by atoms with Gasteiger partial charge >= 0.3 is 0 Å². The Bertz CT molecular complexity index is 1030. The SMILES string of the molecule is CN(CC(=O)Nc1c(Cl)cccc1Cl)C(=O)CCCN(C)S(=O)(=O)c1ccc(F)cc1. The molecule has 7 nitrogen and oxygen atoms in total. The maximum absolute atomic E-state index is 13.0. The van der Waals surface area contributed by atoms with Crippen LogP contribution >= 0.6 is 23.2 Å². The average Bonchev–Trinajstić information content (AvgIpc) is 2.70. The summed E-state index contributed by atoms with van der Waals surface area (Å²) in [6.07, 6.45) is 0.290. The lowest BCUT2D eigenvalue weighted by Crippen LogP contribution is -2.35. The molecule has 0 aromatic heterocycles. The number of amides is 2. The minimum absolute atomic E-state index is 0.0326. The summed E-state index contributed by atoms with van der Waals surface area (Å²) in [6, 6.07) is 9.31. The second-order valence-corrected chi connectivity index (χ2v) is 9.64. The topological polar surface area (TPSA) is 86.8 Å². The van der Waals surface area contributed by atoms with Crippen molar-refractivity contribution in [3.05, 3.63) is 58.3 Å². The van der Waals surface area contributed by atoms with Crippen LogP contribution in [0.25, 0.3) is 0 Å². The van der Waals surface area contributed by atoms with Gasteiger partial charge in [0.05, 0.1) is 27.2 Å². The zero-order chi connectivity index (χ0) is 23.2. The van der Waals surface area contributed by atoms with Gasteiger partial charge < -0.3 is 10.2 Å². The lowest BCUT2D eigenvalue weighted by molar-refractivity contribution is -0.133. The van der Waals surface area contributed by atoms with Crippen LogP contribution in [0.15, 0.2) is 47.4 Å². The van der Waals surface area contributed by atoms with Crippen LogP contribution in [0.1, 0.15) is 12.8 Å². The van der Waals surface area contributed by atoms with Crippen LogP contribution in [0.3, 0.4) is 0 Å². The summed E-state index contributed by atoms with van der Waals surface area (Å²) in [6.45, 7) is -0.134. The molecule has 2 amide bonds. The Morgan fingerprint density at radius 2 is 1.61 bits per heavy atom. The number of benzene rings is 2. The monoisotopic (exact) mass is 489 g/mol. The van der Waals surface area contributed by atoms with Crippen LogP contribution in [-0.2, 0) is 19.6 Å². The average molecular weight is 490 g/mol. The minimum Gasteiger partial charge on any atom is -0.336 e. The molecule has 0 fully saturated rings. The highest BCUT2D eigenvalue weighted by Crippen LogP contribution is 2.29. The third-order valence-corrected chi connectivity index (χ3v) is 6.92. The highest BCUT2D eigenvalue weighted by molar-refractivity contribution is 7.89. The second-order valence-electron chi connectivity index (χ2n) is 6.78. The molecular weight excluding hydrogens is 468 g/mol. The fourth-order valence-corrected chi connectivity index (χ4v) is 4.35. The predicted octanol–water partition coefficient (Wildman–Crippen LogP) is 3.63. The lowest BCUT2D eigenvalue weighted by Gasteiger charge is -2.19. The van der Waals surface area contributed by atoms with Gasteiger partial charge in [0.15, 0.2) is 0 Å². The summed E-state index contributed by atoms with van der Waals surface area (Å²) in [5, 5.41) is 3.13. The van der Waals surface area contributed by atoms with Crippen molar-refractivity contribution in [1.82, 2.24) is 9.21 Å². The zero-order valence-electron chi connectivity index (χ0n) is 16.9. The van der Waals surface area contributed by atoms with E-state index in [2.05, 4.69) is 5.32 Å². The van der Waals surface area contributed by atoms with E-state index in [0.29, 0.717) is 0 Å². The third-order valence-electron chi connectivity index (χ3n) is 4.42. The molecule has 0 aliphatic rings. The van der Waals surface area contributed by atoms with E-state index in [0.717, 1.165) is 16.4 Å². The van der Waals surface area contributed by atoms with Gasteiger partial charge in [0, 0.05) is 27.1 Å². The van der Waals surface area contributed by atoms with Crippen molar-refractivity contribution in [2.24, 2.45) is 0 Å². The fraction of sp³-hybridized carbons (Fsp3) is 0.300. The van der Waals surface area contributed by atoms with E-state index in [-0.39, 0.29) is 52.5 Å². The molecule has 0 unspecified atom stereocenters. The molecule has 0 aliphatic carbocycles. The van der Waals surface area contributed by atoms with E-state index < -0.39 is 21.7 Å². The normalized spacial score (nSPS) is 11.4. The summed E-state index contributed by atoms with van der Waals surface area (Å²) < 4.78 is 39.0. The molecule has 31 heavy (non-hydrogen) atoms. The van der Waals surface area contributed by atoms with Gasteiger partial charge in [-0.25, -0.2) is 17.1 Å². The molecule has 0 heterocycles. The molecule has 2 aromatic rings. The number of hydrogen-bond acceptors (Lipinski definition) is 4. The molecule has 0 bridgehead atoms. The number of carbonyl (C=O) groups is 2. The van der Waals surface area contributed by atoms with Crippen LogP contribution < -0.4 is 5.32 Å². The molecule has 0 atom stereocenters. The van der Waals surface area contributed by atoms with Crippen molar-refractivity contribution in [3.8, 4) is 0 Å². The smallest absolute Gasteiger partial charge is 0.244 e. The molecule has 0 spiro atoms. The summed E-state index contributed by atoms with van der Waals surface area (Å²) >= 11 is 12.0. The van der Waals surface area contributed by atoms with Crippen molar-refractivity contribution in [1.29, 1.82) is 0 Å². The summed E-state index contributed by atoms with van der Waals surface area (Å²) in [7, 11) is -0.933. The van der Waals surface area contributed by atoms with Gasteiger partial charge in [-0.05, 0) is 42.8 Å². The van der Waals surface area contributed by atoms with Gasteiger partial charge in [-0.3, -0.25) is 9.59 Å². The van der Waals surface area contributed by atoms with Gasteiger partial charge in [-0.15, -0.1) is 0 Å². The van der Waals surface area contributed by atoms with Crippen molar-refractivity contribution < 1.29 is 22.4 Å². The summed E-state index contributed by atoms with van der Waals surface area (Å²) in [5.74, 6) is -1.33. The number of rotatable bonds is 9. The van der Waals surface area contributed by atoms with Gasteiger partial charge in [0.1, 0.15) is 5.82 Å². The molecule has 0 radical (unpaired) electrons. The minimum atomic E-state index is -3.78. The highest BCUT2D eigenvalue weighted by Gasteiger charge is 2.21. The molecule has 168 valence electrons. The number of anilines is 1. The van der Waals surface area contributed by atoms with E-state index in [1.165, 1.54) is 31.1 Å². The van der Waals surface area contributed by atoms with Crippen LogP contribution in [0, 0.1) is 5.82 Å². The van der Waals surface area contributed by atoms with Crippen molar-refractivity contribution in [3.63, 3.8) is 0 Å². The zero-order valence-corrected chi connectivity index (χ0v) is 19.3. The quantitative estimate of drug-likeness (QED) is 0.582. The van der Waals surface area contributed by atoms with Crippen molar-refractivity contribution >= 4 is 50.7 Å². The maximum Gasteiger partial charge on any atom is 0.244 e. The first-order valence-corrected chi connectivity index (χ1v) is 11.4. The van der Waals surface area contributed by atoms with Crippen LogP contribution in [-0.4, -0.2) is 56.6 Å². The Hall–Kier alpha value is -2.20. The van der Waals surface area contributed by atoms with E-state index in [1.807, 2.05) is 0 Å². The van der Waals surface area contributed by atoms with Crippen LogP contribution in [0.2, 0.25) is 10.0 Å². The van der Waals surface area contributed by atoms with Crippen LogP contribution in [0.4, 0.5) is 10.1 Å². The Morgan fingerprint density at radius 3 is 2.19 bits per heavy atom. The number of carbonyl (C=O) groups excluding carboxylic acids is 2. The number of para-hydroxylation sites is 1. The van der Waals surface area contributed by atoms with E-state index >= 15 is 0 Å². The molecule has 1 N–H and O–H groups in total. The molecule has 0 aliphatic heterocycles. The first-order valence-electron chi connectivity index (χ1n) is 9.22. The standard InChI is InChI=1S/C20H22Cl2FN3O4S/c1-25(13-18(27)24-20-16(21)5-3-6-17(20)22)19(28)7-4-12-26(2)31(29,30)15-10-8-14(23)9-11-15/h3,5-6,8-11H,4,7,12-13H2,1-2H3,(H,24,27).